The third-order valence-electron chi connectivity index (χ3n) is 4.06. The fourth-order valence-corrected chi connectivity index (χ4v) is 5.53. The van der Waals surface area contributed by atoms with Crippen LogP contribution in [0, 0.1) is 0 Å². The third-order valence-corrected chi connectivity index (χ3v) is 7.04. The van der Waals surface area contributed by atoms with E-state index in [-0.39, 0.29) is 34.1 Å². The zero-order chi connectivity index (χ0) is 16.3. The minimum atomic E-state index is -3.65. The van der Waals surface area contributed by atoms with Gasteiger partial charge in [0.1, 0.15) is 9.77 Å². The summed E-state index contributed by atoms with van der Waals surface area (Å²) in [6, 6.07) is 1.57. The number of halogens is 1. The molecule has 1 atom stereocenters. The van der Waals surface area contributed by atoms with Crippen molar-refractivity contribution < 1.29 is 17.9 Å². The van der Waals surface area contributed by atoms with Gasteiger partial charge in [0.15, 0.2) is 0 Å². The predicted octanol–water partition coefficient (Wildman–Crippen LogP) is 0.673. The van der Waals surface area contributed by atoms with Gasteiger partial charge >= 0.3 is 0 Å². The van der Waals surface area contributed by atoms with Gasteiger partial charge in [0.25, 0.3) is 5.91 Å². The molecular formula is C14H22ClN3O4S2. The van der Waals surface area contributed by atoms with E-state index < -0.39 is 10.0 Å². The Balaban J connectivity index is 0.00000208. The number of sulfonamides is 1. The molecule has 0 saturated carbocycles. The first-order valence-corrected chi connectivity index (χ1v) is 10.1. The van der Waals surface area contributed by atoms with E-state index in [4.69, 9.17) is 4.74 Å². The Labute approximate surface area is 152 Å². The second-order valence-electron chi connectivity index (χ2n) is 5.65. The number of rotatable bonds is 4. The summed E-state index contributed by atoms with van der Waals surface area (Å²) in [7, 11) is -3.65. The van der Waals surface area contributed by atoms with E-state index in [1.807, 2.05) is 0 Å². The van der Waals surface area contributed by atoms with Gasteiger partial charge in [0, 0.05) is 25.7 Å². The van der Waals surface area contributed by atoms with Crippen LogP contribution in [-0.2, 0) is 14.8 Å². The van der Waals surface area contributed by atoms with Crippen LogP contribution in [0.4, 0.5) is 0 Å². The lowest BCUT2D eigenvalue weighted by Gasteiger charge is -2.26. The Kier molecular flexibility index (Phi) is 7.02. The number of hydrogen-bond acceptors (Lipinski definition) is 6. The van der Waals surface area contributed by atoms with Crippen molar-refractivity contribution in [1.82, 2.24) is 14.9 Å². The summed E-state index contributed by atoms with van der Waals surface area (Å²) in [6.45, 7) is 3.11. The molecule has 136 valence electrons. The van der Waals surface area contributed by atoms with E-state index in [1.54, 1.807) is 5.38 Å². The monoisotopic (exact) mass is 395 g/mol. The van der Waals surface area contributed by atoms with Gasteiger partial charge in [-0.1, -0.05) is 0 Å². The van der Waals surface area contributed by atoms with Crippen LogP contribution in [0.15, 0.2) is 16.3 Å². The van der Waals surface area contributed by atoms with Crippen molar-refractivity contribution in [3.05, 3.63) is 16.3 Å². The Morgan fingerprint density at radius 3 is 2.79 bits per heavy atom. The van der Waals surface area contributed by atoms with Crippen LogP contribution in [0.2, 0.25) is 0 Å². The molecule has 2 saturated heterocycles. The highest BCUT2D eigenvalue weighted by molar-refractivity contribution is 7.89. The summed E-state index contributed by atoms with van der Waals surface area (Å²) in [5.41, 5.74) is 0. The van der Waals surface area contributed by atoms with E-state index >= 15 is 0 Å². The highest BCUT2D eigenvalue weighted by atomic mass is 35.5. The SMILES string of the molecule is Cl.O=C(NC1CCCNC1)c1sccc1S(=O)(=O)N1CCOCC1. The standard InChI is InChI=1S/C14H21N3O4S2.ClH/c18-14(16-11-2-1-4-15-10-11)13-12(3-9-22-13)23(19,20)17-5-7-21-8-6-17;/h3,9,11,15H,1-2,4-8,10H2,(H,16,18);1H. The number of hydrogen-bond donors (Lipinski definition) is 2. The minimum absolute atomic E-state index is 0. The average molecular weight is 396 g/mol. The van der Waals surface area contributed by atoms with Crippen LogP contribution in [0.1, 0.15) is 22.5 Å². The third kappa shape index (κ3) is 4.27. The summed E-state index contributed by atoms with van der Waals surface area (Å²) in [4.78, 5) is 12.9. The van der Waals surface area contributed by atoms with Gasteiger partial charge in [0.2, 0.25) is 10.0 Å². The summed E-state index contributed by atoms with van der Waals surface area (Å²) in [6.07, 6.45) is 1.92. The number of ether oxygens (including phenoxy) is 1. The van der Waals surface area contributed by atoms with Gasteiger partial charge in [-0.2, -0.15) is 4.31 Å². The van der Waals surface area contributed by atoms with Crippen molar-refractivity contribution >= 4 is 39.7 Å². The Bertz CT molecular complexity index is 653. The number of nitrogens with zero attached hydrogens (tertiary/aromatic N) is 1. The van der Waals surface area contributed by atoms with Crippen molar-refractivity contribution in [2.75, 3.05) is 39.4 Å². The molecule has 24 heavy (non-hydrogen) atoms. The zero-order valence-corrected chi connectivity index (χ0v) is 15.6. The van der Waals surface area contributed by atoms with Gasteiger partial charge in [-0.25, -0.2) is 8.42 Å². The molecule has 3 rings (SSSR count). The summed E-state index contributed by atoms with van der Waals surface area (Å²) >= 11 is 1.17. The maximum absolute atomic E-state index is 12.8. The number of amides is 1. The number of thiophene rings is 1. The second-order valence-corrected chi connectivity index (χ2v) is 8.47. The largest absolute Gasteiger partial charge is 0.379 e. The molecule has 3 heterocycles. The molecule has 10 heteroatoms. The van der Waals surface area contributed by atoms with E-state index in [1.165, 1.54) is 21.7 Å². The van der Waals surface area contributed by atoms with E-state index in [0.29, 0.717) is 26.3 Å². The average Bonchev–Trinajstić information content (AvgIpc) is 3.07. The molecule has 1 aromatic rings. The lowest BCUT2D eigenvalue weighted by molar-refractivity contribution is 0.0730. The molecule has 0 bridgehead atoms. The molecule has 1 amide bonds. The maximum atomic E-state index is 12.8. The number of piperidine rings is 1. The molecule has 2 N–H and O–H groups in total. The normalized spacial score (nSPS) is 22.6. The number of carbonyl (C=O) groups excluding carboxylic acids is 1. The van der Waals surface area contributed by atoms with Crippen molar-refractivity contribution in [3.8, 4) is 0 Å². The Morgan fingerprint density at radius 1 is 1.38 bits per heavy atom. The topological polar surface area (TPSA) is 87.7 Å². The zero-order valence-electron chi connectivity index (χ0n) is 13.2. The first kappa shape index (κ1) is 19.6. The fourth-order valence-electron chi connectivity index (χ4n) is 2.82. The summed E-state index contributed by atoms with van der Waals surface area (Å²) in [5.74, 6) is -0.305. The number of morpholine rings is 1. The number of carbonyl (C=O) groups is 1. The molecule has 0 aliphatic carbocycles. The van der Waals surface area contributed by atoms with Gasteiger partial charge < -0.3 is 15.4 Å². The Hall–Kier alpha value is -0.710. The van der Waals surface area contributed by atoms with Crippen molar-refractivity contribution in [1.29, 1.82) is 0 Å². The molecule has 0 spiro atoms. The smallest absolute Gasteiger partial charge is 0.263 e. The van der Waals surface area contributed by atoms with Crippen LogP contribution in [0.5, 0.6) is 0 Å². The van der Waals surface area contributed by atoms with Gasteiger partial charge in [0.05, 0.1) is 13.2 Å². The summed E-state index contributed by atoms with van der Waals surface area (Å²) < 4.78 is 32.1. The number of nitrogens with one attached hydrogen (secondary N) is 2. The van der Waals surface area contributed by atoms with Crippen LogP contribution in [0.3, 0.4) is 0 Å². The van der Waals surface area contributed by atoms with Crippen molar-refractivity contribution in [2.45, 2.75) is 23.8 Å². The van der Waals surface area contributed by atoms with Gasteiger partial charge in [-0.3, -0.25) is 4.79 Å². The molecule has 1 unspecified atom stereocenters. The molecule has 2 aliphatic rings. The van der Waals surface area contributed by atoms with Gasteiger partial charge in [-0.05, 0) is 30.8 Å². The molecule has 2 aliphatic heterocycles. The lowest BCUT2D eigenvalue weighted by atomic mass is 10.1. The predicted molar refractivity (Wildman–Crippen MR) is 94.5 cm³/mol. The van der Waals surface area contributed by atoms with Crippen molar-refractivity contribution in [3.63, 3.8) is 0 Å². The highest BCUT2D eigenvalue weighted by Crippen LogP contribution is 2.26. The van der Waals surface area contributed by atoms with E-state index in [2.05, 4.69) is 10.6 Å². The van der Waals surface area contributed by atoms with E-state index in [9.17, 15) is 13.2 Å². The van der Waals surface area contributed by atoms with Crippen molar-refractivity contribution in [2.24, 2.45) is 0 Å². The molecule has 7 nitrogen and oxygen atoms in total. The van der Waals surface area contributed by atoms with Crippen LogP contribution in [-0.4, -0.2) is 64.1 Å². The maximum Gasteiger partial charge on any atom is 0.263 e. The quantitative estimate of drug-likeness (QED) is 0.782. The lowest BCUT2D eigenvalue weighted by Crippen LogP contribution is -2.46. The van der Waals surface area contributed by atoms with E-state index in [0.717, 1.165) is 25.9 Å². The minimum Gasteiger partial charge on any atom is -0.379 e. The molecule has 1 aromatic heterocycles. The van der Waals surface area contributed by atoms with Gasteiger partial charge in [-0.15, -0.1) is 23.7 Å². The second kappa shape index (κ2) is 8.59. The molecule has 0 radical (unpaired) electrons. The van der Waals surface area contributed by atoms with Crippen LogP contribution < -0.4 is 10.6 Å². The first-order valence-electron chi connectivity index (χ1n) is 7.76. The molecular weight excluding hydrogens is 374 g/mol. The highest BCUT2D eigenvalue weighted by Gasteiger charge is 2.31. The molecule has 2 fully saturated rings. The Morgan fingerprint density at radius 2 is 2.12 bits per heavy atom. The summed E-state index contributed by atoms with van der Waals surface area (Å²) in [5, 5.41) is 7.82. The van der Waals surface area contributed by atoms with Crippen LogP contribution >= 0.6 is 23.7 Å². The first-order chi connectivity index (χ1) is 11.1. The fraction of sp³-hybridized carbons (Fsp3) is 0.643. The molecule has 0 aromatic carbocycles. The van der Waals surface area contributed by atoms with Crippen LogP contribution in [0.25, 0.3) is 0 Å².